The Kier molecular flexibility index (Phi) is 3.96. The summed E-state index contributed by atoms with van der Waals surface area (Å²) in [7, 11) is 1.51. The first kappa shape index (κ1) is 14.7. The highest BCUT2D eigenvalue weighted by molar-refractivity contribution is 6.30. The quantitative estimate of drug-likeness (QED) is 0.807. The molecule has 1 heterocycles. The Bertz CT molecular complexity index is 546. The normalized spacial score (nSPS) is 22.2. The van der Waals surface area contributed by atoms with Crippen molar-refractivity contribution in [1.29, 1.82) is 0 Å². The lowest BCUT2D eigenvalue weighted by Gasteiger charge is -2.19. The second-order valence-corrected chi connectivity index (χ2v) is 5.23. The van der Waals surface area contributed by atoms with Crippen LogP contribution in [0, 0.1) is 5.82 Å². The minimum Gasteiger partial charge on any atom is -0.372 e. The van der Waals surface area contributed by atoms with Crippen molar-refractivity contribution in [3.8, 4) is 0 Å². The molecule has 7 heteroatoms. The van der Waals surface area contributed by atoms with Crippen molar-refractivity contribution in [1.82, 2.24) is 10.2 Å². The summed E-state index contributed by atoms with van der Waals surface area (Å²) in [4.78, 5) is 24.9. The predicted octanol–water partition coefficient (Wildman–Crippen LogP) is 0.689. The molecule has 1 aromatic carbocycles. The molecule has 2 amide bonds. The summed E-state index contributed by atoms with van der Waals surface area (Å²) in [6.45, 7) is 0.296. The van der Waals surface area contributed by atoms with Crippen LogP contribution in [0.25, 0.3) is 0 Å². The van der Waals surface area contributed by atoms with Gasteiger partial charge in [-0.1, -0.05) is 11.6 Å². The molecular weight excluding hydrogens is 287 g/mol. The molecule has 0 bridgehead atoms. The first-order chi connectivity index (χ1) is 9.33. The van der Waals surface area contributed by atoms with Crippen molar-refractivity contribution in [2.24, 2.45) is 0 Å². The Hall–Kier alpha value is -1.66. The fourth-order valence-corrected chi connectivity index (χ4v) is 2.35. The maximum absolute atomic E-state index is 13.1. The number of likely N-dealkylation sites (N-methyl/N-ethyl adjacent to an activating group) is 1. The number of hydrogen-bond acceptors (Lipinski definition) is 3. The lowest BCUT2D eigenvalue weighted by atomic mass is 10.0. The Morgan fingerprint density at radius 3 is 2.80 bits per heavy atom. The highest BCUT2D eigenvalue weighted by Crippen LogP contribution is 2.22. The van der Waals surface area contributed by atoms with Gasteiger partial charge in [0.1, 0.15) is 5.82 Å². The minimum atomic E-state index is -2.04. The number of carbonyl (C=O) groups is 2. The Morgan fingerprint density at radius 1 is 1.55 bits per heavy atom. The molecule has 2 rings (SSSR count). The average molecular weight is 301 g/mol. The van der Waals surface area contributed by atoms with Gasteiger partial charge in [-0.05, 0) is 23.8 Å². The van der Waals surface area contributed by atoms with Crippen LogP contribution in [0.3, 0.4) is 0 Å². The summed E-state index contributed by atoms with van der Waals surface area (Å²) in [5.41, 5.74) is -1.59. The predicted molar refractivity (Wildman–Crippen MR) is 70.5 cm³/mol. The molecule has 5 nitrogen and oxygen atoms in total. The third-order valence-corrected chi connectivity index (χ3v) is 3.48. The maximum Gasteiger partial charge on any atom is 0.264 e. The van der Waals surface area contributed by atoms with Gasteiger partial charge < -0.3 is 15.3 Å². The van der Waals surface area contributed by atoms with Crippen molar-refractivity contribution in [2.45, 2.75) is 18.6 Å². The van der Waals surface area contributed by atoms with E-state index in [1.807, 2.05) is 0 Å². The number of hydrogen-bond donors (Lipinski definition) is 2. The van der Waals surface area contributed by atoms with E-state index in [1.165, 1.54) is 24.1 Å². The van der Waals surface area contributed by atoms with Crippen LogP contribution in [0.5, 0.6) is 0 Å². The Morgan fingerprint density at radius 2 is 2.25 bits per heavy atom. The lowest BCUT2D eigenvalue weighted by Crippen LogP contribution is -2.51. The molecule has 0 unspecified atom stereocenters. The monoisotopic (exact) mass is 300 g/mol. The van der Waals surface area contributed by atoms with Crippen molar-refractivity contribution < 1.29 is 19.1 Å². The van der Waals surface area contributed by atoms with Crippen LogP contribution in [0.15, 0.2) is 18.2 Å². The van der Waals surface area contributed by atoms with E-state index < -0.39 is 23.2 Å². The smallest absolute Gasteiger partial charge is 0.264 e. The second kappa shape index (κ2) is 5.38. The van der Waals surface area contributed by atoms with Gasteiger partial charge in [-0.2, -0.15) is 0 Å². The number of nitrogens with one attached hydrogen (secondary N) is 1. The number of halogens is 2. The SMILES string of the molecule is CN1CC[C@](O)(C(=O)NCc2cc(F)cc(Cl)c2)C1=O. The van der Waals surface area contributed by atoms with E-state index in [9.17, 15) is 19.1 Å². The van der Waals surface area contributed by atoms with Gasteiger partial charge in [0, 0.05) is 31.6 Å². The lowest BCUT2D eigenvalue weighted by molar-refractivity contribution is -0.153. The molecule has 1 aliphatic heterocycles. The summed E-state index contributed by atoms with van der Waals surface area (Å²) >= 11 is 5.70. The van der Waals surface area contributed by atoms with Crippen LogP contribution in [0.2, 0.25) is 5.02 Å². The number of carbonyl (C=O) groups excluding carboxylic acids is 2. The molecule has 108 valence electrons. The molecule has 20 heavy (non-hydrogen) atoms. The molecule has 1 aromatic rings. The van der Waals surface area contributed by atoms with Gasteiger partial charge in [-0.15, -0.1) is 0 Å². The number of aliphatic hydroxyl groups is 1. The highest BCUT2D eigenvalue weighted by Gasteiger charge is 2.49. The van der Waals surface area contributed by atoms with E-state index in [0.717, 1.165) is 6.07 Å². The molecule has 0 aromatic heterocycles. The van der Waals surface area contributed by atoms with Crippen LogP contribution in [-0.4, -0.2) is 41.0 Å². The maximum atomic E-state index is 13.1. The zero-order valence-corrected chi connectivity index (χ0v) is 11.6. The Labute approximate surface area is 120 Å². The molecule has 1 atom stereocenters. The van der Waals surface area contributed by atoms with Crippen LogP contribution < -0.4 is 5.32 Å². The number of nitrogens with zero attached hydrogens (tertiary/aromatic N) is 1. The van der Waals surface area contributed by atoms with Gasteiger partial charge in [-0.3, -0.25) is 9.59 Å². The van der Waals surface area contributed by atoms with E-state index in [-0.39, 0.29) is 18.0 Å². The van der Waals surface area contributed by atoms with Gasteiger partial charge in [0.2, 0.25) is 5.60 Å². The third kappa shape index (κ3) is 2.76. The van der Waals surface area contributed by atoms with Gasteiger partial charge in [0.05, 0.1) is 0 Å². The van der Waals surface area contributed by atoms with Gasteiger partial charge in [-0.25, -0.2) is 4.39 Å². The zero-order chi connectivity index (χ0) is 14.9. The van der Waals surface area contributed by atoms with E-state index in [4.69, 9.17) is 11.6 Å². The highest BCUT2D eigenvalue weighted by atomic mass is 35.5. The number of likely N-dealkylation sites (tertiary alicyclic amines) is 1. The molecule has 2 N–H and O–H groups in total. The molecule has 0 aliphatic carbocycles. The van der Waals surface area contributed by atoms with E-state index in [0.29, 0.717) is 12.1 Å². The number of amides is 2. The van der Waals surface area contributed by atoms with E-state index in [1.54, 1.807) is 0 Å². The summed E-state index contributed by atoms with van der Waals surface area (Å²) in [6.07, 6.45) is 0.0398. The molecule has 0 radical (unpaired) electrons. The number of benzene rings is 1. The summed E-state index contributed by atoms with van der Waals surface area (Å²) < 4.78 is 13.1. The average Bonchev–Trinajstić information content (AvgIpc) is 2.64. The minimum absolute atomic E-state index is 0.0182. The summed E-state index contributed by atoms with van der Waals surface area (Å²) in [5, 5.41) is 12.7. The van der Waals surface area contributed by atoms with Crippen molar-refractivity contribution in [2.75, 3.05) is 13.6 Å². The molecule has 0 spiro atoms. The first-order valence-corrected chi connectivity index (χ1v) is 6.42. The summed E-state index contributed by atoms with van der Waals surface area (Å²) in [6, 6.07) is 3.87. The van der Waals surface area contributed by atoms with Crippen LogP contribution >= 0.6 is 11.6 Å². The molecule has 1 fully saturated rings. The number of rotatable bonds is 3. The Balaban J connectivity index is 2.04. The van der Waals surface area contributed by atoms with E-state index >= 15 is 0 Å². The molecule has 0 saturated carbocycles. The first-order valence-electron chi connectivity index (χ1n) is 6.04. The molecule has 1 aliphatic rings. The summed E-state index contributed by atoms with van der Waals surface area (Å²) in [5.74, 6) is -1.93. The van der Waals surface area contributed by atoms with Crippen LogP contribution in [0.4, 0.5) is 4.39 Å². The standard InChI is InChI=1S/C13H14ClFN2O3/c1-17-3-2-13(20,12(17)19)11(18)16-7-8-4-9(14)6-10(15)5-8/h4-6,20H,2-3,7H2,1H3,(H,16,18)/t13-/m0/s1. The molecular formula is C13H14ClFN2O3. The second-order valence-electron chi connectivity index (χ2n) is 4.80. The third-order valence-electron chi connectivity index (χ3n) is 3.26. The fraction of sp³-hybridized carbons (Fsp3) is 0.385. The van der Waals surface area contributed by atoms with E-state index in [2.05, 4.69) is 5.32 Å². The van der Waals surface area contributed by atoms with Crippen LogP contribution in [0.1, 0.15) is 12.0 Å². The fourth-order valence-electron chi connectivity index (χ4n) is 2.11. The van der Waals surface area contributed by atoms with Crippen molar-refractivity contribution >= 4 is 23.4 Å². The van der Waals surface area contributed by atoms with Gasteiger partial charge >= 0.3 is 0 Å². The van der Waals surface area contributed by atoms with Crippen molar-refractivity contribution in [3.63, 3.8) is 0 Å². The van der Waals surface area contributed by atoms with Gasteiger partial charge in [0.15, 0.2) is 0 Å². The van der Waals surface area contributed by atoms with Crippen molar-refractivity contribution in [3.05, 3.63) is 34.6 Å². The van der Waals surface area contributed by atoms with Gasteiger partial charge in [0.25, 0.3) is 11.8 Å². The topological polar surface area (TPSA) is 69.6 Å². The zero-order valence-electron chi connectivity index (χ0n) is 10.8. The largest absolute Gasteiger partial charge is 0.372 e. The molecule has 1 saturated heterocycles. The van der Waals surface area contributed by atoms with Crippen LogP contribution in [-0.2, 0) is 16.1 Å².